The van der Waals surface area contributed by atoms with Gasteiger partial charge in [-0.25, -0.2) is 4.90 Å². The lowest BCUT2D eigenvalue weighted by Gasteiger charge is -2.34. The lowest BCUT2D eigenvalue weighted by atomic mass is 10.0. The Morgan fingerprint density at radius 1 is 0.867 bits per heavy atom. The third kappa shape index (κ3) is 3.62. The van der Waals surface area contributed by atoms with Gasteiger partial charge in [-0.05, 0) is 44.7 Å². The summed E-state index contributed by atoms with van der Waals surface area (Å²) in [5.74, 6) is -0.664. The van der Waals surface area contributed by atoms with E-state index in [0.29, 0.717) is 45.7 Å². The second-order valence-corrected chi connectivity index (χ2v) is 8.72. The first-order valence-electron chi connectivity index (χ1n) is 9.87. The number of imide groups is 1. The number of benzene rings is 2. The maximum absolute atomic E-state index is 13.6. The van der Waals surface area contributed by atoms with Crippen molar-refractivity contribution in [2.75, 3.05) is 38.1 Å². The molecule has 2 heterocycles. The predicted molar refractivity (Wildman–Crippen MR) is 121 cm³/mol. The van der Waals surface area contributed by atoms with Gasteiger partial charge in [0, 0.05) is 36.8 Å². The second kappa shape index (κ2) is 8.06. The maximum atomic E-state index is 13.6. The van der Waals surface area contributed by atoms with Crippen LogP contribution in [0.25, 0.3) is 5.57 Å². The van der Waals surface area contributed by atoms with Crippen LogP contribution in [0.2, 0.25) is 10.0 Å². The lowest BCUT2D eigenvalue weighted by molar-refractivity contribution is -0.120. The molecule has 0 N–H and O–H groups in total. The molecule has 1 fully saturated rings. The molecule has 0 saturated carbocycles. The SMILES string of the molecule is Cc1ccc(N2C(=O)C(c3ccc(Cl)cc3Cl)=C(N3CCN(C)CC3)C2=O)c(C)c1. The molecular formula is C23H23Cl2N3O2. The van der Waals surface area contributed by atoms with Crippen molar-refractivity contribution in [2.45, 2.75) is 13.8 Å². The molecule has 2 amide bonds. The van der Waals surface area contributed by atoms with Crippen molar-refractivity contribution in [2.24, 2.45) is 0 Å². The number of hydrogen-bond acceptors (Lipinski definition) is 4. The Kier molecular flexibility index (Phi) is 5.62. The highest BCUT2D eigenvalue weighted by atomic mass is 35.5. The first kappa shape index (κ1) is 20.9. The molecular weight excluding hydrogens is 421 g/mol. The molecule has 0 bridgehead atoms. The molecule has 2 aromatic carbocycles. The zero-order valence-electron chi connectivity index (χ0n) is 17.2. The van der Waals surface area contributed by atoms with E-state index >= 15 is 0 Å². The van der Waals surface area contributed by atoms with Gasteiger partial charge < -0.3 is 9.80 Å². The smallest absolute Gasteiger partial charge is 0.282 e. The third-order valence-electron chi connectivity index (χ3n) is 5.67. The highest BCUT2D eigenvalue weighted by Crippen LogP contribution is 2.39. The Hall–Kier alpha value is -2.34. The third-order valence-corrected chi connectivity index (χ3v) is 6.22. The first-order valence-corrected chi connectivity index (χ1v) is 10.6. The number of aryl methyl sites for hydroxylation is 2. The van der Waals surface area contributed by atoms with Gasteiger partial charge in [0.1, 0.15) is 5.70 Å². The molecule has 0 aromatic heterocycles. The second-order valence-electron chi connectivity index (χ2n) is 7.87. The summed E-state index contributed by atoms with van der Waals surface area (Å²) in [7, 11) is 2.05. The van der Waals surface area contributed by atoms with Crippen LogP contribution >= 0.6 is 23.2 Å². The molecule has 7 heteroatoms. The van der Waals surface area contributed by atoms with E-state index in [4.69, 9.17) is 23.2 Å². The van der Waals surface area contributed by atoms with E-state index in [1.807, 2.05) is 44.0 Å². The minimum atomic E-state index is -0.356. The Bertz CT molecular complexity index is 1070. The van der Waals surface area contributed by atoms with Gasteiger partial charge >= 0.3 is 0 Å². The number of anilines is 1. The van der Waals surface area contributed by atoms with E-state index in [2.05, 4.69) is 4.90 Å². The van der Waals surface area contributed by atoms with E-state index in [-0.39, 0.29) is 11.8 Å². The Morgan fingerprint density at radius 3 is 2.20 bits per heavy atom. The van der Waals surface area contributed by atoms with E-state index in [9.17, 15) is 9.59 Å². The summed E-state index contributed by atoms with van der Waals surface area (Å²) in [6.45, 7) is 6.86. The number of carbonyl (C=O) groups is 2. The number of rotatable bonds is 3. The zero-order chi connectivity index (χ0) is 21.6. The fourth-order valence-corrected chi connectivity index (χ4v) is 4.55. The molecule has 0 radical (unpaired) electrons. The van der Waals surface area contributed by atoms with Gasteiger partial charge in [0.2, 0.25) is 0 Å². The first-order chi connectivity index (χ1) is 14.3. The highest BCUT2D eigenvalue weighted by molar-refractivity contribution is 6.47. The van der Waals surface area contributed by atoms with Gasteiger partial charge in [-0.2, -0.15) is 0 Å². The lowest BCUT2D eigenvalue weighted by Crippen LogP contribution is -2.46. The van der Waals surface area contributed by atoms with Crippen molar-refractivity contribution in [3.8, 4) is 0 Å². The summed E-state index contributed by atoms with van der Waals surface area (Å²) in [4.78, 5) is 32.7. The minimum Gasteiger partial charge on any atom is -0.364 e. The molecule has 2 aromatic rings. The van der Waals surface area contributed by atoms with E-state index < -0.39 is 0 Å². The topological polar surface area (TPSA) is 43.9 Å². The Balaban J connectivity index is 1.86. The summed E-state index contributed by atoms with van der Waals surface area (Å²) in [6, 6.07) is 10.7. The van der Waals surface area contributed by atoms with Crippen LogP contribution in [0.1, 0.15) is 16.7 Å². The molecule has 30 heavy (non-hydrogen) atoms. The van der Waals surface area contributed by atoms with Crippen LogP contribution in [0.3, 0.4) is 0 Å². The molecule has 0 unspecified atom stereocenters. The average Bonchev–Trinajstić information content (AvgIpc) is 2.93. The largest absolute Gasteiger partial charge is 0.364 e. The number of nitrogens with zero attached hydrogens (tertiary/aromatic N) is 3. The predicted octanol–water partition coefficient (Wildman–Crippen LogP) is 4.14. The van der Waals surface area contributed by atoms with Crippen molar-refractivity contribution >= 4 is 46.3 Å². The quantitative estimate of drug-likeness (QED) is 0.668. The summed E-state index contributed by atoms with van der Waals surface area (Å²) in [5, 5.41) is 0.835. The van der Waals surface area contributed by atoms with Gasteiger partial charge in [0.05, 0.1) is 16.3 Å². The monoisotopic (exact) mass is 443 g/mol. The van der Waals surface area contributed by atoms with Crippen LogP contribution < -0.4 is 4.90 Å². The molecule has 5 nitrogen and oxygen atoms in total. The molecule has 1 saturated heterocycles. The Morgan fingerprint density at radius 2 is 1.57 bits per heavy atom. The summed E-state index contributed by atoms with van der Waals surface area (Å²) >= 11 is 12.5. The standard InChI is InChI=1S/C23H23Cl2N3O2/c1-14-4-7-19(15(2)12-14)28-22(29)20(17-6-5-16(24)13-18(17)25)21(23(28)30)27-10-8-26(3)9-11-27/h4-7,12-13H,8-11H2,1-3H3. The Labute approximate surface area is 186 Å². The summed E-state index contributed by atoms with van der Waals surface area (Å²) in [6.07, 6.45) is 0. The molecule has 2 aliphatic rings. The van der Waals surface area contributed by atoms with Crippen molar-refractivity contribution in [3.63, 3.8) is 0 Å². The minimum absolute atomic E-state index is 0.308. The molecule has 2 aliphatic heterocycles. The zero-order valence-corrected chi connectivity index (χ0v) is 18.7. The van der Waals surface area contributed by atoms with Gasteiger partial charge in [-0.1, -0.05) is 47.0 Å². The van der Waals surface area contributed by atoms with Gasteiger partial charge in [0.25, 0.3) is 11.8 Å². The maximum Gasteiger partial charge on any atom is 0.282 e. The molecule has 0 aliphatic carbocycles. The van der Waals surface area contributed by atoms with Gasteiger partial charge in [-0.3, -0.25) is 9.59 Å². The van der Waals surface area contributed by atoms with Crippen molar-refractivity contribution in [3.05, 3.63) is 68.8 Å². The van der Waals surface area contributed by atoms with E-state index in [1.165, 1.54) is 4.90 Å². The van der Waals surface area contributed by atoms with Crippen molar-refractivity contribution in [1.82, 2.24) is 9.80 Å². The molecule has 4 rings (SSSR count). The van der Waals surface area contributed by atoms with Gasteiger partial charge in [-0.15, -0.1) is 0 Å². The summed E-state index contributed by atoms with van der Waals surface area (Å²) in [5.41, 5.74) is 3.83. The highest BCUT2D eigenvalue weighted by Gasteiger charge is 2.43. The van der Waals surface area contributed by atoms with Crippen LogP contribution in [0, 0.1) is 13.8 Å². The van der Waals surface area contributed by atoms with Crippen molar-refractivity contribution in [1.29, 1.82) is 0 Å². The van der Waals surface area contributed by atoms with Crippen LogP contribution in [-0.2, 0) is 9.59 Å². The fraction of sp³-hybridized carbons (Fsp3) is 0.304. The van der Waals surface area contributed by atoms with Crippen LogP contribution in [0.5, 0.6) is 0 Å². The van der Waals surface area contributed by atoms with Gasteiger partial charge in [0.15, 0.2) is 0 Å². The number of halogens is 2. The normalized spacial score (nSPS) is 18.0. The molecule has 0 atom stereocenters. The van der Waals surface area contributed by atoms with Crippen LogP contribution in [0.4, 0.5) is 5.69 Å². The fourth-order valence-electron chi connectivity index (χ4n) is 4.05. The number of carbonyl (C=O) groups excluding carboxylic acids is 2. The average molecular weight is 444 g/mol. The number of likely N-dealkylation sites (N-methyl/N-ethyl adjacent to an activating group) is 1. The van der Waals surface area contributed by atoms with Crippen LogP contribution in [0.15, 0.2) is 42.1 Å². The summed E-state index contributed by atoms with van der Waals surface area (Å²) < 4.78 is 0. The van der Waals surface area contributed by atoms with Crippen LogP contribution in [-0.4, -0.2) is 54.8 Å². The number of amides is 2. The number of hydrogen-bond donors (Lipinski definition) is 0. The van der Waals surface area contributed by atoms with E-state index in [0.717, 1.165) is 24.2 Å². The van der Waals surface area contributed by atoms with Crippen molar-refractivity contribution < 1.29 is 9.59 Å². The molecule has 156 valence electrons. The number of piperazine rings is 1. The van der Waals surface area contributed by atoms with E-state index in [1.54, 1.807) is 18.2 Å². The molecule has 0 spiro atoms.